The number of nitrogens with zero attached hydrogens (tertiary/aromatic N) is 4. The minimum Gasteiger partial charge on any atom is -0.494 e. The average Bonchev–Trinajstić information content (AvgIpc) is 3.43. The first-order valence-electron chi connectivity index (χ1n) is 10.8. The van der Waals surface area contributed by atoms with E-state index < -0.39 is 0 Å². The van der Waals surface area contributed by atoms with E-state index in [1.807, 2.05) is 23.1 Å². The number of benzene rings is 1. The van der Waals surface area contributed by atoms with Crippen LogP contribution >= 0.6 is 22.9 Å². The Labute approximate surface area is 205 Å². The lowest BCUT2D eigenvalue weighted by Gasteiger charge is -2.36. The molecule has 2 amide bonds. The van der Waals surface area contributed by atoms with Crippen molar-refractivity contribution in [2.24, 2.45) is 0 Å². The van der Waals surface area contributed by atoms with Crippen LogP contribution in [-0.4, -0.2) is 57.6 Å². The Balaban J connectivity index is 1.29. The van der Waals surface area contributed by atoms with E-state index in [-0.39, 0.29) is 24.2 Å². The number of rotatable bonds is 5. The average molecular weight is 496 g/mol. The first-order valence-corrected chi connectivity index (χ1v) is 12.0. The van der Waals surface area contributed by atoms with Crippen LogP contribution in [0.15, 0.2) is 61.1 Å². The zero-order chi connectivity index (χ0) is 23.7. The van der Waals surface area contributed by atoms with E-state index in [1.165, 1.54) is 15.9 Å². The van der Waals surface area contributed by atoms with Crippen molar-refractivity contribution in [1.82, 2.24) is 14.5 Å². The molecule has 0 saturated carbocycles. The number of pyridine rings is 1. The highest BCUT2D eigenvalue weighted by molar-refractivity contribution is 7.18. The van der Waals surface area contributed by atoms with E-state index in [2.05, 4.69) is 15.2 Å². The molecule has 1 saturated heterocycles. The van der Waals surface area contributed by atoms with Crippen LogP contribution in [0.3, 0.4) is 0 Å². The third kappa shape index (κ3) is 4.44. The normalized spacial score (nSPS) is 13.9. The number of piperazine rings is 1. The van der Waals surface area contributed by atoms with Crippen LogP contribution in [0.4, 0.5) is 11.4 Å². The summed E-state index contributed by atoms with van der Waals surface area (Å²) in [6.45, 7) is 2.70. The summed E-state index contributed by atoms with van der Waals surface area (Å²) in [5.74, 6) is -0.428. The Hall–Kier alpha value is -3.56. The van der Waals surface area contributed by atoms with Gasteiger partial charge in [0.05, 0.1) is 20.3 Å². The zero-order valence-electron chi connectivity index (χ0n) is 18.1. The Morgan fingerprint density at radius 1 is 1.06 bits per heavy atom. The molecule has 1 aromatic carbocycles. The number of halogens is 1. The second-order valence-corrected chi connectivity index (χ2v) is 9.70. The predicted molar refractivity (Wildman–Crippen MR) is 134 cm³/mol. The minimum absolute atomic E-state index is 0.0175. The van der Waals surface area contributed by atoms with Gasteiger partial charge in [-0.25, -0.2) is 0 Å². The summed E-state index contributed by atoms with van der Waals surface area (Å²) < 4.78 is 2.05. The van der Waals surface area contributed by atoms with Crippen molar-refractivity contribution in [2.75, 3.05) is 36.4 Å². The Morgan fingerprint density at radius 2 is 1.82 bits per heavy atom. The molecule has 34 heavy (non-hydrogen) atoms. The van der Waals surface area contributed by atoms with Crippen LogP contribution in [0.2, 0.25) is 4.34 Å². The second-order valence-electron chi connectivity index (χ2n) is 7.98. The molecule has 1 aliphatic heterocycles. The summed E-state index contributed by atoms with van der Waals surface area (Å²) in [4.78, 5) is 34.1. The molecule has 0 radical (unpaired) electrons. The number of hydrogen-bond donors (Lipinski definition) is 2. The molecule has 0 spiro atoms. The molecule has 4 heterocycles. The Kier molecular flexibility index (Phi) is 6.12. The van der Waals surface area contributed by atoms with Gasteiger partial charge in [-0.05, 0) is 30.3 Å². The summed E-state index contributed by atoms with van der Waals surface area (Å²) in [6.07, 6.45) is 5.25. The van der Waals surface area contributed by atoms with Gasteiger partial charge in [-0.3, -0.25) is 14.6 Å². The molecular weight excluding hydrogens is 474 g/mol. The topological polar surface area (TPSA) is 90.7 Å². The number of anilines is 2. The first-order chi connectivity index (χ1) is 16.5. The molecule has 3 aromatic heterocycles. The number of aromatic nitrogens is 2. The second kappa shape index (κ2) is 9.36. The van der Waals surface area contributed by atoms with Gasteiger partial charge in [-0.1, -0.05) is 23.7 Å². The highest BCUT2D eigenvalue weighted by Crippen LogP contribution is 2.34. The summed E-state index contributed by atoms with van der Waals surface area (Å²) in [5, 5.41) is 15.0. The van der Waals surface area contributed by atoms with Crippen LogP contribution in [0, 0.1) is 0 Å². The molecule has 8 nitrogen and oxygen atoms in total. The number of hydrogen-bond acceptors (Lipinski definition) is 6. The molecule has 2 N–H and O–H groups in total. The lowest BCUT2D eigenvalue weighted by molar-refractivity contribution is -0.132. The molecule has 0 unspecified atom stereocenters. The molecule has 174 valence electrons. The molecule has 0 atom stereocenters. The molecule has 10 heteroatoms. The third-order valence-electron chi connectivity index (χ3n) is 5.90. The monoisotopic (exact) mass is 495 g/mol. The molecule has 5 rings (SSSR count). The van der Waals surface area contributed by atoms with Gasteiger partial charge in [-0.2, -0.15) is 0 Å². The number of aromatic hydroxyl groups is 1. The van der Waals surface area contributed by atoms with Crippen LogP contribution in [-0.2, 0) is 11.3 Å². The quantitative estimate of drug-likeness (QED) is 0.436. The van der Waals surface area contributed by atoms with Gasteiger partial charge in [-0.15, -0.1) is 11.3 Å². The largest absolute Gasteiger partial charge is 0.494 e. The van der Waals surface area contributed by atoms with Crippen molar-refractivity contribution in [3.05, 3.63) is 70.3 Å². The fraction of sp³-hybridized carbons (Fsp3) is 0.208. The number of thiophene rings is 1. The van der Waals surface area contributed by atoms with Gasteiger partial charge in [0, 0.05) is 55.8 Å². The maximum atomic E-state index is 13.0. The minimum atomic E-state index is -0.306. The van der Waals surface area contributed by atoms with E-state index >= 15 is 0 Å². The van der Waals surface area contributed by atoms with Crippen LogP contribution < -0.4 is 10.2 Å². The van der Waals surface area contributed by atoms with Crippen LogP contribution in [0.1, 0.15) is 9.67 Å². The molecule has 0 aliphatic carbocycles. The van der Waals surface area contributed by atoms with E-state index in [1.54, 1.807) is 42.9 Å². The Morgan fingerprint density at radius 3 is 2.53 bits per heavy atom. The van der Waals surface area contributed by atoms with Gasteiger partial charge < -0.3 is 24.8 Å². The first kappa shape index (κ1) is 22.2. The number of carbonyl (C=O) groups is 2. The fourth-order valence-electron chi connectivity index (χ4n) is 4.16. The summed E-state index contributed by atoms with van der Waals surface area (Å²) in [7, 11) is 0. The van der Waals surface area contributed by atoms with Gasteiger partial charge in [0.15, 0.2) is 0 Å². The number of amides is 2. The standard InChI is InChI=1S/C24H22ClN5O3S/c25-20-5-4-19(34-20)23(32)27-18-3-1-2-16-14-30(24(33)22(16)18)15-21(31)29-12-10-28(11-13-29)17-6-8-26-9-7-17/h1-9,14,33H,10-13,15H2,(H,27,32). The summed E-state index contributed by atoms with van der Waals surface area (Å²) in [6, 6.07) is 12.6. The van der Waals surface area contributed by atoms with Crippen molar-refractivity contribution >= 4 is 56.9 Å². The number of fused-ring (bicyclic) bond motifs is 1. The van der Waals surface area contributed by atoms with Crippen molar-refractivity contribution in [3.8, 4) is 5.88 Å². The summed E-state index contributed by atoms with van der Waals surface area (Å²) >= 11 is 7.12. The molecular formula is C24H22ClN5O3S. The van der Waals surface area contributed by atoms with Gasteiger partial charge in [0.1, 0.15) is 6.54 Å². The van der Waals surface area contributed by atoms with Crippen molar-refractivity contribution in [1.29, 1.82) is 0 Å². The van der Waals surface area contributed by atoms with E-state index in [0.717, 1.165) is 24.2 Å². The van der Waals surface area contributed by atoms with Crippen molar-refractivity contribution in [2.45, 2.75) is 6.54 Å². The number of carbonyl (C=O) groups excluding carboxylic acids is 2. The lowest BCUT2D eigenvalue weighted by atomic mass is 10.2. The maximum absolute atomic E-state index is 13.0. The Bertz CT molecular complexity index is 1350. The zero-order valence-corrected chi connectivity index (χ0v) is 19.7. The smallest absolute Gasteiger partial charge is 0.265 e. The van der Waals surface area contributed by atoms with Crippen LogP contribution in [0.25, 0.3) is 10.8 Å². The van der Waals surface area contributed by atoms with E-state index in [4.69, 9.17) is 11.6 Å². The lowest BCUT2D eigenvalue weighted by Crippen LogP contribution is -2.49. The van der Waals surface area contributed by atoms with Crippen molar-refractivity contribution in [3.63, 3.8) is 0 Å². The number of nitrogens with one attached hydrogen (secondary N) is 1. The SMILES string of the molecule is O=C(Nc1cccc2cn(CC(=O)N3CCN(c4ccncc4)CC3)c(O)c12)c1ccc(Cl)s1. The van der Waals surface area contributed by atoms with Gasteiger partial charge in [0.25, 0.3) is 5.91 Å². The summed E-state index contributed by atoms with van der Waals surface area (Å²) in [5.41, 5.74) is 1.57. The molecule has 1 aliphatic rings. The van der Waals surface area contributed by atoms with Gasteiger partial charge in [0.2, 0.25) is 11.8 Å². The molecule has 0 bridgehead atoms. The third-order valence-corrected chi connectivity index (χ3v) is 7.13. The maximum Gasteiger partial charge on any atom is 0.265 e. The van der Waals surface area contributed by atoms with E-state index in [0.29, 0.717) is 33.4 Å². The highest BCUT2D eigenvalue weighted by atomic mass is 35.5. The predicted octanol–water partition coefficient (Wildman–Crippen LogP) is 4.06. The highest BCUT2D eigenvalue weighted by Gasteiger charge is 2.23. The van der Waals surface area contributed by atoms with Crippen molar-refractivity contribution < 1.29 is 14.7 Å². The van der Waals surface area contributed by atoms with E-state index in [9.17, 15) is 14.7 Å². The molecule has 4 aromatic rings. The van der Waals surface area contributed by atoms with Crippen LogP contribution in [0.5, 0.6) is 5.88 Å². The molecule has 1 fully saturated rings. The van der Waals surface area contributed by atoms with Gasteiger partial charge >= 0.3 is 0 Å². The fourth-order valence-corrected chi connectivity index (χ4v) is 5.10.